The molecule has 0 aromatic heterocycles. The molecule has 1 atom stereocenters. The molecule has 7 nitrogen and oxygen atoms in total. The van der Waals surface area contributed by atoms with Crippen LogP contribution in [0.4, 0.5) is 4.39 Å². The first-order valence-electron chi connectivity index (χ1n) is 9.55. The summed E-state index contributed by atoms with van der Waals surface area (Å²) in [6.45, 7) is 1.19. The van der Waals surface area contributed by atoms with Crippen LogP contribution in [0.5, 0.6) is 0 Å². The first kappa shape index (κ1) is 26.1. The molecule has 0 saturated carbocycles. The summed E-state index contributed by atoms with van der Waals surface area (Å²) in [5.74, 6) is -1.48. The van der Waals surface area contributed by atoms with E-state index in [4.69, 9.17) is 23.2 Å². The largest absolute Gasteiger partial charge is 0.350 e. The van der Waals surface area contributed by atoms with Crippen LogP contribution in [-0.4, -0.2) is 55.3 Å². The molecule has 1 unspecified atom stereocenters. The van der Waals surface area contributed by atoms with E-state index in [1.807, 2.05) is 0 Å². The number of benzene rings is 2. The van der Waals surface area contributed by atoms with Crippen LogP contribution in [0.15, 0.2) is 42.5 Å². The van der Waals surface area contributed by atoms with Crippen molar-refractivity contribution >= 4 is 45.0 Å². The zero-order valence-corrected chi connectivity index (χ0v) is 20.1. The number of nitrogens with zero attached hydrogens (tertiary/aromatic N) is 2. The molecule has 2 rings (SSSR count). The van der Waals surface area contributed by atoms with Crippen LogP contribution < -0.4 is 5.32 Å². The minimum Gasteiger partial charge on any atom is -0.350 e. The highest BCUT2D eigenvalue weighted by Gasteiger charge is 2.28. The van der Waals surface area contributed by atoms with Crippen LogP contribution in [0.2, 0.25) is 10.0 Å². The van der Waals surface area contributed by atoms with Gasteiger partial charge >= 0.3 is 0 Å². The Balaban J connectivity index is 2.18. The second kappa shape index (κ2) is 11.1. The third-order valence-electron chi connectivity index (χ3n) is 4.83. The maximum Gasteiger partial charge on any atom is 0.242 e. The Hall–Kier alpha value is -2.20. The number of likely N-dealkylation sites (N-methyl/N-ethyl adjacent to an activating group) is 1. The van der Waals surface area contributed by atoms with Crippen molar-refractivity contribution in [1.82, 2.24) is 14.5 Å². The van der Waals surface area contributed by atoms with Gasteiger partial charge in [0.1, 0.15) is 11.9 Å². The maximum atomic E-state index is 13.3. The second-order valence-corrected chi connectivity index (χ2v) is 10.2. The van der Waals surface area contributed by atoms with Gasteiger partial charge < -0.3 is 10.2 Å². The Labute approximate surface area is 197 Å². The monoisotopic (exact) mass is 503 g/mol. The SMILES string of the molecule is CC(C(=O)NCc1ccc(Cl)cc1Cl)N(Cc1ccc(F)cc1)C(=O)CN(C)S(C)(=O)=O. The van der Waals surface area contributed by atoms with Crippen molar-refractivity contribution in [2.75, 3.05) is 19.8 Å². The van der Waals surface area contributed by atoms with E-state index in [9.17, 15) is 22.4 Å². The van der Waals surface area contributed by atoms with Crippen molar-refractivity contribution in [3.8, 4) is 0 Å². The molecule has 11 heteroatoms. The summed E-state index contributed by atoms with van der Waals surface area (Å²) in [6.07, 6.45) is 0.983. The molecule has 2 amide bonds. The Kier molecular flexibility index (Phi) is 9.03. The fourth-order valence-electron chi connectivity index (χ4n) is 2.76. The van der Waals surface area contributed by atoms with Gasteiger partial charge in [-0.15, -0.1) is 0 Å². The molecule has 1 N–H and O–H groups in total. The smallest absolute Gasteiger partial charge is 0.242 e. The number of hydrogen-bond donors (Lipinski definition) is 1. The summed E-state index contributed by atoms with van der Waals surface area (Å²) in [6, 6.07) is 9.41. The summed E-state index contributed by atoms with van der Waals surface area (Å²) in [7, 11) is -2.33. The second-order valence-electron chi connectivity index (χ2n) is 7.30. The van der Waals surface area contributed by atoms with Gasteiger partial charge in [-0.25, -0.2) is 12.8 Å². The van der Waals surface area contributed by atoms with Gasteiger partial charge in [0.05, 0.1) is 12.8 Å². The van der Waals surface area contributed by atoms with Crippen molar-refractivity contribution in [2.24, 2.45) is 0 Å². The number of hydrogen-bond acceptors (Lipinski definition) is 4. The third kappa shape index (κ3) is 7.44. The molecular weight excluding hydrogens is 480 g/mol. The molecule has 174 valence electrons. The van der Waals surface area contributed by atoms with Crippen LogP contribution in [-0.2, 0) is 32.7 Å². The van der Waals surface area contributed by atoms with Crippen molar-refractivity contribution in [1.29, 1.82) is 0 Å². The predicted molar refractivity (Wildman–Crippen MR) is 122 cm³/mol. The first-order valence-corrected chi connectivity index (χ1v) is 12.2. The molecular formula is C21H24Cl2FN3O4S. The highest BCUT2D eigenvalue weighted by Crippen LogP contribution is 2.21. The summed E-state index contributed by atoms with van der Waals surface area (Å²) in [4.78, 5) is 27.0. The molecule has 2 aromatic rings. The molecule has 0 radical (unpaired) electrons. The molecule has 2 aromatic carbocycles. The van der Waals surface area contributed by atoms with Crippen molar-refractivity contribution < 1.29 is 22.4 Å². The van der Waals surface area contributed by atoms with Gasteiger partial charge in [-0.2, -0.15) is 4.31 Å². The zero-order valence-electron chi connectivity index (χ0n) is 17.8. The number of sulfonamides is 1. The fraction of sp³-hybridized carbons (Fsp3) is 0.333. The van der Waals surface area contributed by atoms with Gasteiger partial charge in [-0.1, -0.05) is 41.4 Å². The highest BCUT2D eigenvalue weighted by molar-refractivity contribution is 7.88. The topological polar surface area (TPSA) is 86.8 Å². The first-order chi connectivity index (χ1) is 14.9. The van der Waals surface area contributed by atoms with Crippen LogP contribution >= 0.6 is 23.2 Å². The maximum absolute atomic E-state index is 13.3. The average Bonchev–Trinajstić information content (AvgIpc) is 2.71. The van der Waals surface area contributed by atoms with Crippen LogP contribution in [0, 0.1) is 5.82 Å². The highest BCUT2D eigenvalue weighted by atomic mass is 35.5. The van der Waals surface area contributed by atoms with E-state index in [2.05, 4.69) is 5.32 Å². The van der Waals surface area contributed by atoms with E-state index < -0.39 is 40.2 Å². The van der Waals surface area contributed by atoms with Crippen molar-refractivity contribution in [3.63, 3.8) is 0 Å². The minimum absolute atomic E-state index is 0.00694. The van der Waals surface area contributed by atoms with Gasteiger partial charge in [0.2, 0.25) is 21.8 Å². The number of halogens is 3. The van der Waals surface area contributed by atoms with Gasteiger partial charge in [0.15, 0.2) is 0 Å². The van der Waals surface area contributed by atoms with Gasteiger partial charge in [-0.3, -0.25) is 9.59 Å². The standard InChI is InChI=1S/C21H24Cl2FN3O4S/c1-14(21(29)25-11-16-6-7-17(22)10-19(16)23)27(12-15-4-8-18(24)9-5-15)20(28)13-26(2)32(3,30)31/h4-10,14H,11-13H2,1-3H3,(H,25,29). The molecule has 0 spiro atoms. The van der Waals surface area contributed by atoms with E-state index in [1.54, 1.807) is 18.2 Å². The number of carbonyl (C=O) groups excluding carboxylic acids is 2. The zero-order chi connectivity index (χ0) is 24.1. The number of carbonyl (C=O) groups is 2. The van der Waals surface area contributed by atoms with Crippen LogP contribution in [0.25, 0.3) is 0 Å². The van der Waals surface area contributed by atoms with Crippen molar-refractivity contribution in [2.45, 2.75) is 26.1 Å². The molecule has 0 saturated heterocycles. The van der Waals surface area contributed by atoms with E-state index in [0.29, 0.717) is 21.2 Å². The Morgan fingerprint density at radius 3 is 2.31 bits per heavy atom. The molecule has 0 heterocycles. The summed E-state index contributed by atoms with van der Waals surface area (Å²) >= 11 is 12.0. The van der Waals surface area contributed by atoms with E-state index in [-0.39, 0.29) is 13.1 Å². The summed E-state index contributed by atoms with van der Waals surface area (Å²) in [5.41, 5.74) is 1.23. The van der Waals surface area contributed by atoms with Crippen LogP contribution in [0.1, 0.15) is 18.1 Å². The Morgan fingerprint density at radius 2 is 1.75 bits per heavy atom. The lowest BCUT2D eigenvalue weighted by Crippen LogP contribution is -2.50. The molecule has 0 aliphatic rings. The molecule has 0 fully saturated rings. The lowest BCUT2D eigenvalue weighted by molar-refractivity contribution is -0.140. The summed E-state index contributed by atoms with van der Waals surface area (Å²) < 4.78 is 37.6. The van der Waals surface area contributed by atoms with E-state index >= 15 is 0 Å². The van der Waals surface area contributed by atoms with Gasteiger partial charge in [-0.05, 0) is 42.3 Å². The quantitative estimate of drug-likeness (QED) is 0.569. The molecule has 0 aliphatic heterocycles. The number of nitrogens with one attached hydrogen (secondary N) is 1. The minimum atomic E-state index is -3.60. The molecule has 32 heavy (non-hydrogen) atoms. The summed E-state index contributed by atoms with van der Waals surface area (Å²) in [5, 5.41) is 3.57. The predicted octanol–water partition coefficient (Wildman–Crippen LogP) is 3.06. The Morgan fingerprint density at radius 1 is 1.12 bits per heavy atom. The van der Waals surface area contributed by atoms with Crippen molar-refractivity contribution in [3.05, 3.63) is 69.5 Å². The Bertz CT molecular complexity index is 1080. The van der Waals surface area contributed by atoms with E-state index in [0.717, 1.165) is 10.6 Å². The normalized spacial score (nSPS) is 12.5. The number of rotatable bonds is 9. The van der Waals surface area contributed by atoms with Gasteiger partial charge in [0, 0.05) is 30.2 Å². The fourth-order valence-corrected chi connectivity index (χ4v) is 3.58. The lowest BCUT2D eigenvalue weighted by atomic mass is 10.1. The molecule has 0 aliphatic carbocycles. The van der Waals surface area contributed by atoms with E-state index in [1.165, 1.54) is 43.1 Å². The van der Waals surface area contributed by atoms with Crippen LogP contribution in [0.3, 0.4) is 0 Å². The average molecular weight is 504 g/mol. The number of amides is 2. The van der Waals surface area contributed by atoms with Gasteiger partial charge in [0.25, 0.3) is 0 Å². The lowest BCUT2D eigenvalue weighted by Gasteiger charge is -2.30. The molecule has 0 bridgehead atoms. The third-order valence-corrected chi connectivity index (χ3v) is 6.67.